The smallest absolute Gasteiger partial charge is 0.316 e. The molecule has 0 fully saturated rings. The normalized spacial score (nSPS) is 14.6. The van der Waals surface area contributed by atoms with Gasteiger partial charge in [-0.3, -0.25) is 4.79 Å². The minimum absolute atomic E-state index is 0.248. The molecule has 0 heterocycles. The topological polar surface area (TPSA) is 61.5 Å². The maximum absolute atomic E-state index is 12.3. The third kappa shape index (κ3) is 4.55. The van der Waals surface area contributed by atoms with Crippen molar-refractivity contribution < 1.29 is 14.3 Å². The van der Waals surface area contributed by atoms with Crippen molar-refractivity contribution in [2.24, 2.45) is 5.73 Å². The number of hydrogen-bond donors (Lipinski definition) is 1. The Balaban J connectivity index is 2.92. The first-order valence-electron chi connectivity index (χ1n) is 7.25. The van der Waals surface area contributed by atoms with Gasteiger partial charge in [-0.2, -0.15) is 0 Å². The van der Waals surface area contributed by atoms with Crippen molar-refractivity contribution in [2.75, 3.05) is 20.3 Å². The van der Waals surface area contributed by atoms with E-state index in [1.165, 1.54) is 7.11 Å². The largest absolute Gasteiger partial charge is 0.468 e. The molecule has 1 rings (SSSR count). The van der Waals surface area contributed by atoms with Crippen molar-refractivity contribution in [3.8, 4) is 0 Å². The quantitative estimate of drug-likeness (QED) is 0.785. The molecule has 2 N–H and O–H groups in total. The molecule has 21 heavy (non-hydrogen) atoms. The van der Waals surface area contributed by atoms with Crippen molar-refractivity contribution in [1.82, 2.24) is 0 Å². The number of esters is 1. The summed E-state index contributed by atoms with van der Waals surface area (Å²) in [6, 6.07) is 7.94. The molecule has 118 valence electrons. The minimum Gasteiger partial charge on any atom is -0.468 e. The van der Waals surface area contributed by atoms with Gasteiger partial charge in [0, 0.05) is 13.2 Å². The predicted octanol–water partition coefficient (Wildman–Crippen LogP) is 2.57. The molecule has 0 aliphatic rings. The fraction of sp³-hybridized carbons (Fsp3) is 0.588. The van der Waals surface area contributed by atoms with E-state index in [1.807, 2.05) is 52.0 Å². The number of nitrogens with two attached hydrogens (primary N) is 1. The molecule has 0 bridgehead atoms. The molecule has 0 spiro atoms. The van der Waals surface area contributed by atoms with E-state index in [0.717, 1.165) is 11.1 Å². The number of hydrogen-bond acceptors (Lipinski definition) is 4. The summed E-state index contributed by atoms with van der Waals surface area (Å²) >= 11 is 0. The number of aryl methyl sites for hydroxylation is 1. The summed E-state index contributed by atoms with van der Waals surface area (Å²) < 4.78 is 10.8. The van der Waals surface area contributed by atoms with E-state index in [9.17, 15) is 4.79 Å². The summed E-state index contributed by atoms with van der Waals surface area (Å²) in [5.74, 6) is -0.248. The second-order valence-corrected chi connectivity index (χ2v) is 6.26. The summed E-state index contributed by atoms with van der Waals surface area (Å²) in [5, 5.41) is 0. The predicted molar refractivity (Wildman–Crippen MR) is 84.2 cm³/mol. The van der Waals surface area contributed by atoms with Crippen molar-refractivity contribution in [2.45, 2.75) is 45.1 Å². The lowest BCUT2D eigenvalue weighted by atomic mass is 9.79. The minimum atomic E-state index is -0.717. The first-order valence-corrected chi connectivity index (χ1v) is 7.25. The van der Waals surface area contributed by atoms with Crippen LogP contribution in [0.4, 0.5) is 0 Å². The van der Waals surface area contributed by atoms with Crippen molar-refractivity contribution >= 4 is 5.97 Å². The summed E-state index contributed by atoms with van der Waals surface area (Å²) in [7, 11) is 1.42. The molecule has 4 nitrogen and oxygen atoms in total. The van der Waals surface area contributed by atoms with E-state index in [1.54, 1.807) is 0 Å². The summed E-state index contributed by atoms with van der Waals surface area (Å²) in [5.41, 5.74) is 6.62. The van der Waals surface area contributed by atoms with Gasteiger partial charge in [-0.05, 0) is 39.7 Å². The van der Waals surface area contributed by atoms with E-state index >= 15 is 0 Å². The van der Waals surface area contributed by atoms with Gasteiger partial charge in [0.15, 0.2) is 0 Å². The number of carbonyl (C=O) groups excluding carboxylic acids is 1. The summed E-state index contributed by atoms with van der Waals surface area (Å²) in [4.78, 5) is 12.3. The highest BCUT2D eigenvalue weighted by molar-refractivity contribution is 5.82. The lowest BCUT2D eigenvalue weighted by Gasteiger charge is -2.30. The van der Waals surface area contributed by atoms with Gasteiger partial charge >= 0.3 is 5.97 Å². The Labute approximate surface area is 127 Å². The standard InChI is InChI=1S/C17H27NO3/c1-13-7-6-8-14(11-13)17(4,15(19)20-5)9-10-21-16(2,3)12-18/h6-8,11H,9-10,12,18H2,1-5H3. The van der Waals surface area contributed by atoms with Crippen LogP contribution < -0.4 is 5.73 Å². The van der Waals surface area contributed by atoms with Crippen molar-refractivity contribution in [3.63, 3.8) is 0 Å². The first kappa shape index (κ1) is 17.7. The molecule has 0 aromatic heterocycles. The van der Waals surface area contributed by atoms with E-state index < -0.39 is 5.41 Å². The van der Waals surface area contributed by atoms with Gasteiger partial charge in [0.1, 0.15) is 0 Å². The molecular formula is C17H27NO3. The lowest BCUT2D eigenvalue weighted by molar-refractivity contribution is -0.148. The highest BCUT2D eigenvalue weighted by Crippen LogP contribution is 2.30. The maximum atomic E-state index is 12.3. The number of ether oxygens (including phenoxy) is 2. The average Bonchev–Trinajstić information content (AvgIpc) is 2.46. The Bertz CT molecular complexity index is 485. The van der Waals surface area contributed by atoms with Crippen LogP contribution in [0.1, 0.15) is 38.3 Å². The van der Waals surface area contributed by atoms with Crippen LogP contribution >= 0.6 is 0 Å². The lowest BCUT2D eigenvalue weighted by Crippen LogP contribution is -2.39. The molecule has 1 aromatic carbocycles. The van der Waals surface area contributed by atoms with Crippen LogP contribution in [0.3, 0.4) is 0 Å². The first-order chi connectivity index (χ1) is 9.75. The Hall–Kier alpha value is -1.39. The zero-order valence-electron chi connectivity index (χ0n) is 13.7. The molecule has 0 amide bonds. The number of benzene rings is 1. The Kier molecular flexibility index (Phi) is 5.93. The zero-order valence-corrected chi connectivity index (χ0v) is 13.7. The average molecular weight is 293 g/mol. The molecule has 0 aliphatic heterocycles. The van der Waals surface area contributed by atoms with Gasteiger partial charge in [0.05, 0.1) is 18.1 Å². The van der Waals surface area contributed by atoms with E-state index in [0.29, 0.717) is 19.6 Å². The summed E-state index contributed by atoms with van der Waals surface area (Å²) in [6.07, 6.45) is 0.548. The van der Waals surface area contributed by atoms with Gasteiger partial charge < -0.3 is 15.2 Å². The van der Waals surface area contributed by atoms with Crippen LogP contribution in [-0.2, 0) is 19.7 Å². The third-order valence-corrected chi connectivity index (χ3v) is 3.88. The zero-order chi connectivity index (χ0) is 16.1. The molecule has 1 aromatic rings. The Morgan fingerprint density at radius 1 is 1.29 bits per heavy atom. The van der Waals surface area contributed by atoms with E-state index in [4.69, 9.17) is 15.2 Å². The molecule has 1 atom stereocenters. The molecule has 0 saturated carbocycles. The second kappa shape index (κ2) is 7.05. The number of carbonyl (C=O) groups is 1. The summed E-state index contributed by atoms with van der Waals surface area (Å²) in [6.45, 7) is 8.67. The molecule has 0 radical (unpaired) electrons. The van der Waals surface area contributed by atoms with Gasteiger partial charge in [-0.1, -0.05) is 29.8 Å². The Morgan fingerprint density at radius 2 is 1.95 bits per heavy atom. The maximum Gasteiger partial charge on any atom is 0.316 e. The fourth-order valence-corrected chi connectivity index (χ4v) is 2.17. The van der Waals surface area contributed by atoms with Crippen molar-refractivity contribution in [1.29, 1.82) is 0 Å². The molecule has 0 aliphatic carbocycles. The van der Waals surface area contributed by atoms with Crippen LogP contribution in [0.5, 0.6) is 0 Å². The number of rotatable bonds is 7. The molecule has 0 saturated heterocycles. The van der Waals surface area contributed by atoms with Gasteiger partial charge in [-0.15, -0.1) is 0 Å². The van der Waals surface area contributed by atoms with E-state index in [-0.39, 0.29) is 11.6 Å². The van der Waals surface area contributed by atoms with Crippen LogP contribution in [0.15, 0.2) is 24.3 Å². The van der Waals surface area contributed by atoms with Crippen molar-refractivity contribution in [3.05, 3.63) is 35.4 Å². The Morgan fingerprint density at radius 3 is 2.48 bits per heavy atom. The molecule has 4 heteroatoms. The highest BCUT2D eigenvalue weighted by atomic mass is 16.5. The van der Waals surface area contributed by atoms with Crippen LogP contribution in [0.2, 0.25) is 0 Å². The SMILES string of the molecule is COC(=O)C(C)(CCOC(C)(C)CN)c1cccc(C)c1. The van der Waals surface area contributed by atoms with Crippen LogP contribution in [0, 0.1) is 6.92 Å². The van der Waals surface area contributed by atoms with Gasteiger partial charge in [0.2, 0.25) is 0 Å². The monoisotopic (exact) mass is 293 g/mol. The van der Waals surface area contributed by atoms with Gasteiger partial charge in [0.25, 0.3) is 0 Å². The van der Waals surface area contributed by atoms with Gasteiger partial charge in [-0.25, -0.2) is 0 Å². The highest BCUT2D eigenvalue weighted by Gasteiger charge is 2.36. The molecular weight excluding hydrogens is 266 g/mol. The van der Waals surface area contributed by atoms with E-state index in [2.05, 4.69) is 0 Å². The van der Waals surface area contributed by atoms with Crippen LogP contribution in [0.25, 0.3) is 0 Å². The van der Waals surface area contributed by atoms with Crippen LogP contribution in [-0.4, -0.2) is 31.8 Å². The molecule has 1 unspecified atom stereocenters. The second-order valence-electron chi connectivity index (χ2n) is 6.26. The number of methoxy groups -OCH3 is 1. The fourth-order valence-electron chi connectivity index (χ4n) is 2.17. The third-order valence-electron chi connectivity index (χ3n) is 3.88.